The number of carbonyl (C=O) groups is 2. The molecule has 0 saturated heterocycles. The van der Waals surface area contributed by atoms with Gasteiger partial charge in [0.2, 0.25) is 0 Å². The maximum atomic E-state index is 12.6. The third-order valence-corrected chi connectivity index (χ3v) is 6.33. The number of para-hydroxylation sites is 1. The minimum atomic E-state index is -0.462. The second-order valence-electron chi connectivity index (χ2n) is 7.18. The first kappa shape index (κ1) is 19.8. The molecule has 0 N–H and O–H groups in total. The molecule has 1 aliphatic rings. The number of hydrogen-bond acceptors (Lipinski definition) is 6. The third-order valence-electron chi connectivity index (χ3n) is 5.21. The lowest BCUT2D eigenvalue weighted by atomic mass is 10.1. The molecule has 1 aromatic heterocycles. The van der Waals surface area contributed by atoms with Gasteiger partial charge in [-0.1, -0.05) is 60.3 Å². The summed E-state index contributed by atoms with van der Waals surface area (Å²) in [6, 6.07) is 20.8. The minimum Gasteiger partial charge on any atom is -0.288 e. The Balaban J connectivity index is 1.53. The van der Waals surface area contributed by atoms with E-state index in [1.807, 2.05) is 30.3 Å². The van der Waals surface area contributed by atoms with E-state index < -0.39 is 4.92 Å². The van der Waals surface area contributed by atoms with Gasteiger partial charge in [0, 0.05) is 33.7 Å². The van der Waals surface area contributed by atoms with Crippen LogP contribution >= 0.6 is 11.8 Å². The van der Waals surface area contributed by atoms with Gasteiger partial charge < -0.3 is 0 Å². The zero-order chi connectivity index (χ0) is 22.2. The lowest BCUT2D eigenvalue weighted by molar-refractivity contribution is -0.387. The van der Waals surface area contributed by atoms with Crippen molar-refractivity contribution in [1.29, 1.82) is 0 Å². The van der Waals surface area contributed by atoms with Crippen molar-refractivity contribution in [2.75, 3.05) is 0 Å². The van der Waals surface area contributed by atoms with Crippen LogP contribution < -0.4 is 0 Å². The van der Waals surface area contributed by atoms with Gasteiger partial charge in [0.15, 0.2) is 11.6 Å². The number of hydrogen-bond donors (Lipinski definition) is 0. The number of benzene rings is 3. The Morgan fingerprint density at radius 3 is 2.28 bits per heavy atom. The highest BCUT2D eigenvalue weighted by Crippen LogP contribution is 2.38. The van der Waals surface area contributed by atoms with Gasteiger partial charge in [-0.3, -0.25) is 24.7 Å². The van der Waals surface area contributed by atoms with E-state index in [1.165, 1.54) is 23.9 Å². The predicted molar refractivity (Wildman–Crippen MR) is 122 cm³/mol. The van der Waals surface area contributed by atoms with Gasteiger partial charge in [-0.2, -0.15) is 0 Å². The van der Waals surface area contributed by atoms with Gasteiger partial charge in [-0.15, -0.1) is 0 Å². The smallest absolute Gasteiger partial charge is 0.283 e. The highest BCUT2D eigenvalue weighted by Gasteiger charge is 2.32. The molecule has 5 rings (SSSR count). The fourth-order valence-corrected chi connectivity index (χ4v) is 4.73. The first-order valence-corrected chi connectivity index (χ1v) is 10.5. The van der Waals surface area contributed by atoms with Crippen molar-refractivity contribution in [1.82, 2.24) is 4.98 Å². The van der Waals surface area contributed by atoms with Crippen molar-refractivity contribution in [3.63, 3.8) is 0 Å². The summed E-state index contributed by atoms with van der Waals surface area (Å²) in [5.74, 6) is -0.734. The van der Waals surface area contributed by atoms with E-state index >= 15 is 0 Å². The Hall–Kier alpha value is -4.10. The summed E-state index contributed by atoms with van der Waals surface area (Å²) < 4.78 is 0. The zero-order valence-electron chi connectivity index (χ0n) is 16.5. The second kappa shape index (κ2) is 7.86. The average molecular weight is 438 g/mol. The van der Waals surface area contributed by atoms with Crippen LogP contribution in [0.4, 0.5) is 5.69 Å². The first-order valence-electron chi connectivity index (χ1n) is 9.73. The van der Waals surface area contributed by atoms with Gasteiger partial charge >= 0.3 is 0 Å². The fraction of sp³-hybridized carbons (Fsp3) is 0. The van der Waals surface area contributed by atoms with Crippen molar-refractivity contribution in [3.05, 3.63) is 111 Å². The predicted octanol–water partition coefficient (Wildman–Crippen LogP) is 5.76. The normalized spacial score (nSPS) is 12.8. The molecule has 0 amide bonds. The van der Waals surface area contributed by atoms with Gasteiger partial charge in [0.1, 0.15) is 0 Å². The van der Waals surface area contributed by atoms with Crippen molar-refractivity contribution in [2.45, 2.75) is 9.79 Å². The van der Waals surface area contributed by atoms with Gasteiger partial charge in [0.05, 0.1) is 20.9 Å². The molecule has 0 radical (unpaired) electrons. The molecule has 1 heterocycles. The van der Waals surface area contributed by atoms with Crippen LogP contribution in [-0.4, -0.2) is 21.5 Å². The molecular formula is C25H14N2O4S. The van der Waals surface area contributed by atoms with E-state index in [1.54, 1.807) is 42.6 Å². The second-order valence-corrected chi connectivity index (χ2v) is 8.26. The Morgan fingerprint density at radius 2 is 1.56 bits per heavy atom. The fourth-order valence-electron chi connectivity index (χ4n) is 3.70. The van der Waals surface area contributed by atoms with Crippen molar-refractivity contribution in [2.24, 2.45) is 0 Å². The number of aromatic nitrogens is 1. The highest BCUT2D eigenvalue weighted by molar-refractivity contribution is 7.99. The Kier molecular flexibility index (Phi) is 4.88. The van der Waals surface area contributed by atoms with Crippen LogP contribution in [0.5, 0.6) is 0 Å². The standard InChI is InChI=1S/C25H14N2O4S/c28-24-17-7-1-2-8-18(17)25(29)19(24)13-15-10-11-21(20(14-15)27(30)31)32-22-9-3-5-16-6-4-12-26-23(16)22/h1-14H. The zero-order valence-corrected chi connectivity index (χ0v) is 17.3. The Bertz CT molecular complexity index is 1430. The Labute approximate surface area is 186 Å². The topological polar surface area (TPSA) is 90.2 Å². The minimum absolute atomic E-state index is 0.0131. The maximum absolute atomic E-state index is 12.6. The molecule has 0 spiro atoms. The van der Waals surface area contributed by atoms with Crippen LogP contribution in [-0.2, 0) is 0 Å². The van der Waals surface area contributed by atoms with Crippen molar-refractivity contribution >= 4 is 46.0 Å². The lowest BCUT2D eigenvalue weighted by Gasteiger charge is -2.07. The van der Waals surface area contributed by atoms with Crippen LogP contribution in [0.3, 0.4) is 0 Å². The van der Waals surface area contributed by atoms with Crippen molar-refractivity contribution < 1.29 is 14.5 Å². The lowest BCUT2D eigenvalue weighted by Crippen LogP contribution is -2.00. The number of rotatable bonds is 4. The number of Topliss-reactive ketones (excluding diaryl/α,β-unsaturated/α-hetero) is 2. The number of nitro benzene ring substituents is 1. The quantitative estimate of drug-likeness (QED) is 0.174. The van der Waals surface area contributed by atoms with E-state index in [9.17, 15) is 19.7 Å². The summed E-state index contributed by atoms with van der Waals surface area (Å²) in [5, 5.41) is 12.7. The van der Waals surface area contributed by atoms with Gasteiger partial charge in [-0.05, 0) is 29.8 Å². The number of nitrogens with zero attached hydrogens (tertiary/aromatic N) is 2. The summed E-state index contributed by atoms with van der Waals surface area (Å²) >= 11 is 1.26. The van der Waals surface area contributed by atoms with Crippen molar-refractivity contribution in [3.8, 4) is 0 Å². The molecule has 1 aliphatic carbocycles. The van der Waals surface area contributed by atoms with Crippen LogP contribution in [0.25, 0.3) is 17.0 Å². The number of allylic oxidation sites excluding steroid dienone is 1. The first-order chi connectivity index (χ1) is 15.5. The molecule has 0 bridgehead atoms. The molecule has 6 nitrogen and oxygen atoms in total. The molecule has 0 saturated carbocycles. The monoisotopic (exact) mass is 438 g/mol. The Morgan fingerprint density at radius 1 is 0.844 bits per heavy atom. The molecule has 0 fully saturated rings. The largest absolute Gasteiger partial charge is 0.288 e. The molecule has 4 aromatic rings. The van der Waals surface area contributed by atoms with Gasteiger partial charge in [-0.25, -0.2) is 0 Å². The number of fused-ring (bicyclic) bond motifs is 2. The SMILES string of the molecule is O=C1C(=Cc2ccc(Sc3cccc4cccnc34)c([N+](=O)[O-])c2)C(=O)c2ccccc21. The molecule has 0 atom stereocenters. The van der Waals surface area contributed by atoms with E-state index in [0.29, 0.717) is 21.6 Å². The summed E-state index contributed by atoms with van der Waals surface area (Å²) in [7, 11) is 0. The van der Waals surface area contributed by atoms with E-state index in [0.717, 1.165) is 15.8 Å². The molecule has 154 valence electrons. The van der Waals surface area contributed by atoms with E-state index in [-0.39, 0.29) is 22.8 Å². The maximum Gasteiger partial charge on any atom is 0.283 e. The number of carbonyl (C=O) groups excluding carboxylic acids is 2. The van der Waals surface area contributed by atoms with Crippen LogP contribution in [0.2, 0.25) is 0 Å². The number of nitro groups is 1. The van der Waals surface area contributed by atoms with E-state index in [2.05, 4.69) is 4.98 Å². The summed E-state index contributed by atoms with van der Waals surface area (Å²) in [4.78, 5) is 42.2. The van der Waals surface area contributed by atoms with Gasteiger partial charge in [0.25, 0.3) is 5.69 Å². The molecule has 32 heavy (non-hydrogen) atoms. The van der Waals surface area contributed by atoms with Crippen LogP contribution in [0.15, 0.2) is 94.4 Å². The third kappa shape index (κ3) is 3.38. The highest BCUT2D eigenvalue weighted by atomic mass is 32.2. The van der Waals surface area contributed by atoms with Crippen LogP contribution in [0, 0.1) is 10.1 Å². The average Bonchev–Trinajstić information content (AvgIpc) is 3.05. The summed E-state index contributed by atoms with van der Waals surface area (Å²) in [6.45, 7) is 0. The number of pyridine rings is 1. The molecule has 3 aromatic carbocycles. The van der Waals surface area contributed by atoms with E-state index in [4.69, 9.17) is 0 Å². The molecule has 0 unspecified atom stereocenters. The summed E-state index contributed by atoms with van der Waals surface area (Å²) in [6.07, 6.45) is 3.11. The number of ketones is 2. The molecule has 7 heteroatoms. The van der Waals surface area contributed by atoms with Crippen LogP contribution in [0.1, 0.15) is 26.3 Å². The molecule has 0 aliphatic heterocycles. The molecular weight excluding hydrogens is 424 g/mol. The summed E-state index contributed by atoms with van der Waals surface area (Å²) in [5.41, 5.74) is 1.80.